The Labute approximate surface area is 138 Å². The lowest BCUT2D eigenvalue weighted by molar-refractivity contribution is 0.0918. The third-order valence-electron chi connectivity index (χ3n) is 2.97. The van der Waals surface area contributed by atoms with Crippen molar-refractivity contribution in [3.05, 3.63) is 52.0 Å². The maximum Gasteiger partial charge on any atom is 0.203 e. The van der Waals surface area contributed by atoms with E-state index in [1.807, 2.05) is 0 Å². The molecule has 0 radical (unpaired) electrons. The molecule has 2 rings (SSSR count). The van der Waals surface area contributed by atoms with Gasteiger partial charge < -0.3 is 14.2 Å². The summed E-state index contributed by atoms with van der Waals surface area (Å²) in [6.07, 6.45) is 0. The van der Waals surface area contributed by atoms with Crippen LogP contribution in [0.2, 0.25) is 10.0 Å². The van der Waals surface area contributed by atoms with Crippen LogP contribution < -0.4 is 14.2 Å². The molecule has 0 aliphatic rings. The fourth-order valence-corrected chi connectivity index (χ4v) is 2.11. The second-order valence-electron chi connectivity index (χ2n) is 4.35. The summed E-state index contributed by atoms with van der Waals surface area (Å²) in [5.41, 5.74) is 0.420. The molecule has 0 aliphatic carbocycles. The van der Waals surface area contributed by atoms with Crippen molar-refractivity contribution < 1.29 is 19.0 Å². The zero-order valence-electron chi connectivity index (χ0n) is 12.1. The van der Waals surface area contributed by atoms with Gasteiger partial charge in [-0.15, -0.1) is 0 Å². The van der Waals surface area contributed by atoms with Crippen LogP contribution in [0.1, 0.15) is 10.4 Å². The molecule has 0 saturated heterocycles. The molecule has 0 aromatic heterocycles. The highest BCUT2D eigenvalue weighted by Gasteiger charge is 2.14. The molecule has 2 aromatic rings. The predicted molar refractivity (Wildman–Crippen MR) is 85.8 cm³/mol. The molecule has 0 heterocycles. The monoisotopic (exact) mass is 340 g/mol. The highest BCUT2D eigenvalue weighted by molar-refractivity contribution is 6.42. The van der Waals surface area contributed by atoms with Crippen molar-refractivity contribution in [2.45, 2.75) is 0 Å². The molecular formula is C16H14Cl2O4. The summed E-state index contributed by atoms with van der Waals surface area (Å²) in [6.45, 7) is -0.138. The molecule has 0 amide bonds. The van der Waals surface area contributed by atoms with E-state index in [1.54, 1.807) is 43.5 Å². The SMILES string of the molecule is COc1ccc(C(=O)COc2ccc(Cl)c(Cl)c2)c(OC)c1. The minimum atomic E-state index is -0.217. The molecule has 0 saturated carbocycles. The van der Waals surface area contributed by atoms with Crippen LogP contribution in [0.15, 0.2) is 36.4 Å². The third kappa shape index (κ3) is 3.84. The van der Waals surface area contributed by atoms with E-state index < -0.39 is 0 Å². The second-order valence-corrected chi connectivity index (χ2v) is 5.17. The number of carbonyl (C=O) groups is 1. The maximum atomic E-state index is 12.2. The lowest BCUT2D eigenvalue weighted by atomic mass is 10.1. The van der Waals surface area contributed by atoms with Gasteiger partial charge in [-0.25, -0.2) is 0 Å². The summed E-state index contributed by atoms with van der Waals surface area (Å²) in [6, 6.07) is 9.78. The van der Waals surface area contributed by atoms with Crippen LogP contribution in [-0.4, -0.2) is 26.6 Å². The van der Waals surface area contributed by atoms with Gasteiger partial charge in [-0.2, -0.15) is 0 Å². The van der Waals surface area contributed by atoms with Gasteiger partial charge in [0.15, 0.2) is 6.61 Å². The van der Waals surface area contributed by atoms with Crippen molar-refractivity contribution >= 4 is 29.0 Å². The van der Waals surface area contributed by atoms with Crippen LogP contribution in [0.5, 0.6) is 17.2 Å². The van der Waals surface area contributed by atoms with Crippen molar-refractivity contribution in [2.24, 2.45) is 0 Å². The van der Waals surface area contributed by atoms with Crippen LogP contribution in [0.3, 0.4) is 0 Å². The van der Waals surface area contributed by atoms with Crippen LogP contribution in [0, 0.1) is 0 Å². The standard InChI is InChI=1S/C16H14Cl2O4/c1-20-10-3-5-12(16(8-10)21-2)15(19)9-22-11-4-6-13(17)14(18)7-11/h3-8H,9H2,1-2H3. The first kappa shape index (κ1) is 16.5. The Bertz CT molecular complexity index is 686. The van der Waals surface area contributed by atoms with Gasteiger partial charge in [-0.3, -0.25) is 4.79 Å². The molecule has 6 heteroatoms. The molecule has 22 heavy (non-hydrogen) atoms. The first-order chi connectivity index (χ1) is 10.5. The Morgan fingerprint density at radius 2 is 1.68 bits per heavy atom. The summed E-state index contributed by atoms with van der Waals surface area (Å²) in [7, 11) is 3.04. The number of benzene rings is 2. The number of Topliss-reactive ketones (excluding diaryl/α,β-unsaturated/α-hetero) is 1. The third-order valence-corrected chi connectivity index (χ3v) is 3.71. The highest BCUT2D eigenvalue weighted by Crippen LogP contribution is 2.27. The van der Waals surface area contributed by atoms with E-state index in [9.17, 15) is 4.79 Å². The fourth-order valence-electron chi connectivity index (χ4n) is 1.82. The quantitative estimate of drug-likeness (QED) is 0.736. The van der Waals surface area contributed by atoms with Gasteiger partial charge in [0.1, 0.15) is 17.2 Å². The fraction of sp³-hybridized carbons (Fsp3) is 0.188. The number of carbonyl (C=O) groups excluding carboxylic acids is 1. The first-order valence-electron chi connectivity index (χ1n) is 6.38. The molecule has 0 N–H and O–H groups in total. The summed E-state index contributed by atoms with van der Waals surface area (Å²) in [5, 5.41) is 0.797. The lowest BCUT2D eigenvalue weighted by Gasteiger charge is -2.10. The van der Waals surface area contributed by atoms with Gasteiger partial charge in [0.25, 0.3) is 0 Å². The number of methoxy groups -OCH3 is 2. The largest absolute Gasteiger partial charge is 0.497 e. The molecule has 0 fully saturated rings. The molecule has 0 aliphatic heterocycles. The summed E-state index contributed by atoms with van der Waals surface area (Å²) in [4.78, 5) is 12.2. The van der Waals surface area contributed by atoms with Crippen molar-refractivity contribution in [3.8, 4) is 17.2 Å². The van der Waals surface area contributed by atoms with Gasteiger partial charge in [0.2, 0.25) is 5.78 Å². The number of hydrogen-bond donors (Lipinski definition) is 0. The van der Waals surface area contributed by atoms with Crippen molar-refractivity contribution in [2.75, 3.05) is 20.8 Å². The predicted octanol–water partition coefficient (Wildman–Crippen LogP) is 4.27. The Morgan fingerprint density at radius 1 is 0.955 bits per heavy atom. The zero-order chi connectivity index (χ0) is 16.1. The number of halogens is 2. The molecule has 0 atom stereocenters. The molecule has 0 spiro atoms. The first-order valence-corrected chi connectivity index (χ1v) is 7.14. The van der Waals surface area contributed by atoms with Gasteiger partial charge in [-0.1, -0.05) is 23.2 Å². The van der Waals surface area contributed by atoms with E-state index in [2.05, 4.69) is 0 Å². The van der Waals surface area contributed by atoms with Crippen molar-refractivity contribution in [3.63, 3.8) is 0 Å². The average Bonchev–Trinajstić information content (AvgIpc) is 2.54. The minimum absolute atomic E-state index is 0.138. The number of hydrogen-bond acceptors (Lipinski definition) is 4. The van der Waals surface area contributed by atoms with E-state index in [0.717, 1.165) is 0 Å². The Kier molecular flexibility index (Phi) is 5.52. The van der Waals surface area contributed by atoms with E-state index in [-0.39, 0.29) is 12.4 Å². The summed E-state index contributed by atoms with van der Waals surface area (Å²) >= 11 is 11.7. The molecule has 0 unspecified atom stereocenters. The Hall–Kier alpha value is -1.91. The zero-order valence-corrected chi connectivity index (χ0v) is 13.6. The van der Waals surface area contributed by atoms with E-state index >= 15 is 0 Å². The smallest absolute Gasteiger partial charge is 0.203 e. The Morgan fingerprint density at radius 3 is 2.32 bits per heavy atom. The van der Waals surface area contributed by atoms with E-state index in [0.29, 0.717) is 32.9 Å². The number of rotatable bonds is 6. The van der Waals surface area contributed by atoms with Crippen molar-refractivity contribution in [1.82, 2.24) is 0 Å². The second kappa shape index (κ2) is 7.38. The number of ketones is 1. The normalized spacial score (nSPS) is 10.2. The Balaban J connectivity index is 2.10. The van der Waals surface area contributed by atoms with Gasteiger partial charge in [0.05, 0.1) is 29.8 Å². The van der Waals surface area contributed by atoms with E-state index in [4.69, 9.17) is 37.4 Å². The van der Waals surface area contributed by atoms with Gasteiger partial charge in [-0.05, 0) is 24.3 Å². The minimum Gasteiger partial charge on any atom is -0.497 e. The average molecular weight is 341 g/mol. The summed E-state index contributed by atoms with van der Waals surface area (Å²) in [5.74, 6) is 1.29. The molecule has 116 valence electrons. The topological polar surface area (TPSA) is 44.8 Å². The van der Waals surface area contributed by atoms with Crippen molar-refractivity contribution in [1.29, 1.82) is 0 Å². The van der Waals surface area contributed by atoms with E-state index in [1.165, 1.54) is 7.11 Å². The molecule has 0 bridgehead atoms. The van der Waals surface area contributed by atoms with Crippen LogP contribution >= 0.6 is 23.2 Å². The molecule has 4 nitrogen and oxygen atoms in total. The summed E-state index contributed by atoms with van der Waals surface area (Å²) < 4.78 is 15.7. The lowest BCUT2D eigenvalue weighted by Crippen LogP contribution is -2.12. The van der Waals surface area contributed by atoms with Gasteiger partial charge >= 0.3 is 0 Å². The molecule has 2 aromatic carbocycles. The molecular weight excluding hydrogens is 327 g/mol. The number of ether oxygens (including phenoxy) is 3. The van der Waals surface area contributed by atoms with Crippen LogP contribution in [0.4, 0.5) is 0 Å². The van der Waals surface area contributed by atoms with Crippen LogP contribution in [-0.2, 0) is 0 Å². The van der Waals surface area contributed by atoms with Crippen LogP contribution in [0.25, 0.3) is 0 Å². The van der Waals surface area contributed by atoms with Gasteiger partial charge in [0, 0.05) is 12.1 Å². The maximum absolute atomic E-state index is 12.2. The highest BCUT2D eigenvalue weighted by atomic mass is 35.5.